The van der Waals surface area contributed by atoms with E-state index in [-0.39, 0.29) is 16.9 Å². The van der Waals surface area contributed by atoms with Crippen molar-refractivity contribution >= 4 is 0 Å². The molecule has 1 nitrogen and oxygen atoms in total. The number of ether oxygens (including phenoxy) is 1. The van der Waals surface area contributed by atoms with Crippen LogP contribution in [0.2, 0.25) is 0 Å². The van der Waals surface area contributed by atoms with E-state index in [1.807, 2.05) is 0 Å². The summed E-state index contributed by atoms with van der Waals surface area (Å²) < 4.78 is 6.54. The summed E-state index contributed by atoms with van der Waals surface area (Å²) in [6, 6.07) is 15.4. The maximum atomic E-state index is 6.54. The molecule has 2 aromatic rings. The van der Waals surface area contributed by atoms with Crippen LogP contribution in [0, 0.1) is 0 Å². The van der Waals surface area contributed by atoms with E-state index in [1.165, 1.54) is 22.3 Å². The van der Waals surface area contributed by atoms with E-state index in [4.69, 9.17) is 4.74 Å². The number of aryl methyl sites for hydroxylation is 1. The fourth-order valence-corrected chi connectivity index (χ4v) is 3.39. The van der Waals surface area contributed by atoms with Gasteiger partial charge in [0.15, 0.2) is 0 Å². The van der Waals surface area contributed by atoms with E-state index in [2.05, 4.69) is 84.0 Å². The van der Waals surface area contributed by atoms with Crippen LogP contribution in [0.15, 0.2) is 42.5 Å². The predicted molar refractivity (Wildman–Crippen MR) is 102 cm³/mol. The molecule has 0 N–H and O–H groups in total. The van der Waals surface area contributed by atoms with Crippen molar-refractivity contribution in [3.05, 3.63) is 64.7 Å². The summed E-state index contributed by atoms with van der Waals surface area (Å²) in [5.74, 6) is 1.12. The van der Waals surface area contributed by atoms with Gasteiger partial charge >= 0.3 is 0 Å². The van der Waals surface area contributed by atoms with Crippen LogP contribution in [0.4, 0.5) is 0 Å². The lowest BCUT2D eigenvalue weighted by molar-refractivity contribution is 0.172. The van der Waals surface area contributed by atoms with Crippen molar-refractivity contribution in [3.63, 3.8) is 0 Å². The Kier molecular flexibility index (Phi) is 4.23. The largest absolute Gasteiger partial charge is 0.485 e. The molecule has 128 valence electrons. The van der Waals surface area contributed by atoms with Crippen LogP contribution in [0.5, 0.6) is 5.75 Å². The number of hydrogen-bond acceptors (Lipinski definition) is 1. The van der Waals surface area contributed by atoms with Gasteiger partial charge in [-0.1, -0.05) is 84.0 Å². The molecular weight excluding hydrogens is 292 g/mol. The molecule has 1 aliphatic rings. The third-order valence-corrected chi connectivity index (χ3v) is 4.95. The summed E-state index contributed by atoms with van der Waals surface area (Å²) in [4.78, 5) is 0. The average Bonchev–Trinajstić information content (AvgIpc) is 2.52. The van der Waals surface area contributed by atoms with Gasteiger partial charge in [0.2, 0.25) is 0 Å². The van der Waals surface area contributed by atoms with Gasteiger partial charge < -0.3 is 4.74 Å². The summed E-state index contributed by atoms with van der Waals surface area (Å²) in [6.45, 7) is 13.7. The SMILES string of the molecule is CC(C)(C)c1cc2c(c(C(C)(C)C)c1)OC(c1ccccc1)CC2. The van der Waals surface area contributed by atoms with Gasteiger partial charge in [0.1, 0.15) is 11.9 Å². The molecule has 3 rings (SSSR count). The molecule has 0 fully saturated rings. The molecule has 0 saturated heterocycles. The second-order valence-corrected chi connectivity index (χ2v) is 9.07. The monoisotopic (exact) mass is 322 g/mol. The fraction of sp³-hybridized carbons (Fsp3) is 0.478. The minimum Gasteiger partial charge on any atom is -0.485 e. The van der Waals surface area contributed by atoms with Crippen LogP contribution in [0.25, 0.3) is 0 Å². The Bertz CT molecular complexity index is 714. The molecule has 1 aliphatic heterocycles. The zero-order valence-corrected chi connectivity index (χ0v) is 15.9. The fourth-order valence-electron chi connectivity index (χ4n) is 3.39. The van der Waals surface area contributed by atoms with Crippen molar-refractivity contribution in [2.45, 2.75) is 71.3 Å². The minimum atomic E-state index is 0.0733. The van der Waals surface area contributed by atoms with Crippen molar-refractivity contribution in [1.82, 2.24) is 0 Å². The first-order valence-corrected chi connectivity index (χ1v) is 9.06. The molecule has 2 aromatic carbocycles. The van der Waals surface area contributed by atoms with Gasteiger partial charge in [0, 0.05) is 5.56 Å². The molecule has 24 heavy (non-hydrogen) atoms. The van der Waals surface area contributed by atoms with Crippen molar-refractivity contribution in [3.8, 4) is 5.75 Å². The van der Waals surface area contributed by atoms with Gasteiger partial charge in [-0.05, 0) is 40.4 Å². The number of hydrogen-bond donors (Lipinski definition) is 0. The van der Waals surface area contributed by atoms with Gasteiger partial charge in [-0.3, -0.25) is 0 Å². The molecule has 1 atom stereocenters. The van der Waals surface area contributed by atoms with E-state index in [0.29, 0.717) is 0 Å². The average molecular weight is 322 g/mol. The van der Waals surface area contributed by atoms with E-state index in [0.717, 1.165) is 18.6 Å². The number of benzene rings is 2. The highest BCUT2D eigenvalue weighted by atomic mass is 16.5. The van der Waals surface area contributed by atoms with E-state index < -0.39 is 0 Å². The first-order valence-electron chi connectivity index (χ1n) is 9.06. The molecule has 0 spiro atoms. The third kappa shape index (κ3) is 3.36. The maximum Gasteiger partial charge on any atom is 0.127 e. The Balaban J connectivity index is 2.07. The molecule has 0 saturated carbocycles. The minimum absolute atomic E-state index is 0.0733. The van der Waals surface area contributed by atoms with Crippen molar-refractivity contribution in [2.75, 3.05) is 0 Å². The Morgan fingerprint density at radius 2 is 1.54 bits per heavy atom. The zero-order valence-electron chi connectivity index (χ0n) is 15.9. The Hall–Kier alpha value is -1.76. The lowest BCUT2D eigenvalue weighted by atomic mass is 9.77. The van der Waals surface area contributed by atoms with Crippen LogP contribution in [-0.4, -0.2) is 0 Å². The molecule has 1 heterocycles. The molecule has 0 aromatic heterocycles. The van der Waals surface area contributed by atoms with Crippen molar-refractivity contribution < 1.29 is 4.74 Å². The highest BCUT2D eigenvalue weighted by Gasteiger charge is 2.30. The first kappa shape index (κ1) is 17.1. The standard InChI is InChI=1S/C23H30O/c1-22(2,3)18-14-17-12-13-20(16-10-8-7-9-11-16)24-21(17)19(15-18)23(4,5)6/h7-11,14-15,20H,12-13H2,1-6H3. The smallest absolute Gasteiger partial charge is 0.127 e. The van der Waals surface area contributed by atoms with Crippen LogP contribution >= 0.6 is 0 Å². The van der Waals surface area contributed by atoms with E-state index in [9.17, 15) is 0 Å². The summed E-state index contributed by atoms with van der Waals surface area (Å²) >= 11 is 0. The van der Waals surface area contributed by atoms with Gasteiger partial charge in [0.05, 0.1) is 0 Å². The molecule has 0 radical (unpaired) electrons. The molecule has 1 heteroatoms. The lowest BCUT2D eigenvalue weighted by Gasteiger charge is -2.34. The van der Waals surface area contributed by atoms with Crippen molar-refractivity contribution in [2.24, 2.45) is 0 Å². The zero-order chi connectivity index (χ0) is 17.5. The van der Waals surface area contributed by atoms with Crippen LogP contribution < -0.4 is 4.74 Å². The lowest BCUT2D eigenvalue weighted by Crippen LogP contribution is -2.23. The van der Waals surface area contributed by atoms with E-state index >= 15 is 0 Å². The predicted octanol–water partition coefficient (Wildman–Crippen LogP) is 6.35. The van der Waals surface area contributed by atoms with Crippen LogP contribution in [-0.2, 0) is 17.3 Å². The van der Waals surface area contributed by atoms with Crippen LogP contribution in [0.1, 0.15) is 76.3 Å². The maximum absolute atomic E-state index is 6.54. The summed E-state index contributed by atoms with van der Waals surface area (Å²) in [7, 11) is 0. The number of fused-ring (bicyclic) bond motifs is 1. The van der Waals surface area contributed by atoms with E-state index in [1.54, 1.807) is 0 Å². The second kappa shape index (κ2) is 5.95. The summed E-state index contributed by atoms with van der Waals surface area (Å²) in [6.07, 6.45) is 2.30. The molecule has 0 bridgehead atoms. The summed E-state index contributed by atoms with van der Waals surface area (Å²) in [5, 5.41) is 0. The summed E-state index contributed by atoms with van der Waals surface area (Å²) in [5.41, 5.74) is 5.64. The normalized spacial score (nSPS) is 18.0. The molecule has 0 aliphatic carbocycles. The second-order valence-electron chi connectivity index (χ2n) is 9.07. The molecular formula is C23H30O. The Morgan fingerprint density at radius 3 is 2.12 bits per heavy atom. The third-order valence-electron chi connectivity index (χ3n) is 4.95. The van der Waals surface area contributed by atoms with Gasteiger partial charge in [-0.15, -0.1) is 0 Å². The van der Waals surface area contributed by atoms with Crippen molar-refractivity contribution in [1.29, 1.82) is 0 Å². The molecule has 1 unspecified atom stereocenters. The Morgan fingerprint density at radius 1 is 0.875 bits per heavy atom. The van der Waals surface area contributed by atoms with Gasteiger partial charge in [0.25, 0.3) is 0 Å². The topological polar surface area (TPSA) is 9.23 Å². The quantitative estimate of drug-likeness (QED) is 0.594. The van der Waals surface area contributed by atoms with Crippen LogP contribution in [0.3, 0.4) is 0 Å². The number of rotatable bonds is 1. The Labute approximate surface area is 147 Å². The first-order chi connectivity index (χ1) is 11.2. The molecule has 0 amide bonds. The van der Waals surface area contributed by atoms with Gasteiger partial charge in [-0.25, -0.2) is 0 Å². The highest BCUT2D eigenvalue weighted by Crippen LogP contribution is 2.44. The van der Waals surface area contributed by atoms with Gasteiger partial charge in [-0.2, -0.15) is 0 Å². The highest BCUT2D eigenvalue weighted by molar-refractivity contribution is 5.51.